The third-order valence-electron chi connectivity index (χ3n) is 2.72. The quantitative estimate of drug-likeness (QED) is 0.898. The highest BCUT2D eigenvalue weighted by Crippen LogP contribution is 2.16. The monoisotopic (exact) mass is 280 g/mol. The maximum absolute atomic E-state index is 11.9. The molecule has 100 valence electrons. The second-order valence-electron chi connectivity index (χ2n) is 4.01. The summed E-state index contributed by atoms with van der Waals surface area (Å²) in [6, 6.07) is 4.73. The van der Waals surface area contributed by atoms with Gasteiger partial charge in [0.25, 0.3) is 5.56 Å². The number of aromatic nitrogens is 3. The summed E-state index contributed by atoms with van der Waals surface area (Å²) in [5.74, 6) is 0.625. The molecular weight excluding hydrogens is 268 g/mol. The number of anilines is 1. The summed E-state index contributed by atoms with van der Waals surface area (Å²) < 4.78 is 2.42. The van der Waals surface area contributed by atoms with Crippen LogP contribution in [0.2, 0.25) is 5.02 Å². The average molecular weight is 281 g/mol. The minimum atomic E-state index is -0.403. The van der Waals surface area contributed by atoms with Crippen LogP contribution in [0.15, 0.2) is 34.0 Å². The number of nitrogens with zero attached hydrogens (tertiary/aromatic N) is 3. The lowest BCUT2D eigenvalue weighted by Crippen LogP contribution is -2.38. The summed E-state index contributed by atoms with van der Waals surface area (Å²) in [6.07, 6.45) is 1.43. The number of hydrogen-bond donors (Lipinski definition) is 1. The van der Waals surface area contributed by atoms with Crippen molar-refractivity contribution >= 4 is 17.4 Å². The average Bonchev–Trinajstić information content (AvgIpc) is 2.41. The Kier molecular flexibility index (Phi) is 3.71. The number of rotatable bonds is 3. The van der Waals surface area contributed by atoms with Crippen molar-refractivity contribution in [2.45, 2.75) is 6.54 Å². The Hall–Kier alpha value is -2.08. The summed E-state index contributed by atoms with van der Waals surface area (Å²) >= 11 is 6.03. The normalized spacial score (nSPS) is 10.5. The van der Waals surface area contributed by atoms with Crippen molar-refractivity contribution in [3.63, 3.8) is 0 Å². The van der Waals surface area contributed by atoms with Crippen LogP contribution in [0.25, 0.3) is 0 Å². The Labute approximate surface area is 114 Å². The number of nitrogens with one attached hydrogen (secondary N) is 1. The topological polar surface area (TPSA) is 68.9 Å². The minimum Gasteiger partial charge on any atom is -0.373 e. The van der Waals surface area contributed by atoms with Gasteiger partial charge in [-0.05, 0) is 12.1 Å². The van der Waals surface area contributed by atoms with Crippen LogP contribution in [0.3, 0.4) is 0 Å². The molecule has 0 atom stereocenters. The first kappa shape index (κ1) is 13.4. The lowest BCUT2D eigenvalue weighted by molar-refractivity contribution is 0.631. The van der Waals surface area contributed by atoms with Gasteiger partial charge in [0.15, 0.2) is 0 Å². The predicted octanol–water partition coefficient (Wildman–Crippen LogP) is 0.685. The van der Waals surface area contributed by atoms with Gasteiger partial charge in [0, 0.05) is 26.4 Å². The fraction of sp³-hybridized carbons (Fsp3) is 0.250. The molecule has 2 aromatic rings. The van der Waals surface area contributed by atoms with Crippen LogP contribution in [0.1, 0.15) is 5.69 Å². The first-order valence-corrected chi connectivity index (χ1v) is 6.00. The van der Waals surface area contributed by atoms with E-state index in [1.807, 2.05) is 0 Å². The zero-order chi connectivity index (χ0) is 14.0. The van der Waals surface area contributed by atoms with E-state index in [9.17, 15) is 9.59 Å². The summed E-state index contributed by atoms with van der Waals surface area (Å²) in [7, 11) is 3.31. The fourth-order valence-electron chi connectivity index (χ4n) is 1.64. The molecular formula is C12H13ClN4O2. The van der Waals surface area contributed by atoms with Crippen LogP contribution in [0, 0.1) is 0 Å². The number of aryl methyl sites for hydroxylation is 1. The van der Waals surface area contributed by atoms with Crippen molar-refractivity contribution in [1.29, 1.82) is 0 Å². The van der Waals surface area contributed by atoms with Gasteiger partial charge in [-0.3, -0.25) is 9.36 Å². The van der Waals surface area contributed by atoms with Crippen molar-refractivity contribution in [1.82, 2.24) is 14.1 Å². The molecule has 0 radical (unpaired) electrons. The second-order valence-corrected chi connectivity index (χ2v) is 4.42. The van der Waals surface area contributed by atoms with E-state index in [-0.39, 0.29) is 12.1 Å². The maximum atomic E-state index is 11.9. The molecule has 0 aliphatic carbocycles. The number of halogens is 1. The van der Waals surface area contributed by atoms with Crippen molar-refractivity contribution in [3.05, 3.63) is 56.0 Å². The van der Waals surface area contributed by atoms with Gasteiger partial charge in [-0.15, -0.1) is 0 Å². The van der Waals surface area contributed by atoms with E-state index in [0.29, 0.717) is 16.5 Å². The molecule has 0 fully saturated rings. The van der Waals surface area contributed by atoms with Crippen molar-refractivity contribution < 1.29 is 0 Å². The van der Waals surface area contributed by atoms with Crippen LogP contribution in [0.4, 0.5) is 5.82 Å². The Bertz CT molecular complexity index is 720. The fourth-order valence-corrected chi connectivity index (χ4v) is 1.81. The molecule has 0 aliphatic heterocycles. The molecule has 0 unspecified atom stereocenters. The van der Waals surface area contributed by atoms with E-state index >= 15 is 0 Å². The molecule has 7 heteroatoms. The summed E-state index contributed by atoms with van der Waals surface area (Å²) in [5.41, 5.74) is -0.310. The lowest BCUT2D eigenvalue weighted by atomic mass is 10.3. The Balaban J connectivity index is 2.50. The highest BCUT2D eigenvalue weighted by atomic mass is 35.5. The Morgan fingerprint density at radius 1 is 1.32 bits per heavy atom. The van der Waals surface area contributed by atoms with Crippen LogP contribution in [0.5, 0.6) is 0 Å². The molecule has 1 N–H and O–H groups in total. The Morgan fingerprint density at radius 2 is 2.05 bits per heavy atom. The van der Waals surface area contributed by atoms with Gasteiger partial charge in [0.2, 0.25) is 0 Å². The van der Waals surface area contributed by atoms with Crippen LogP contribution < -0.4 is 16.6 Å². The molecule has 2 aromatic heterocycles. The van der Waals surface area contributed by atoms with Crippen molar-refractivity contribution in [3.8, 4) is 0 Å². The molecule has 2 rings (SSSR count). The largest absolute Gasteiger partial charge is 0.373 e. The molecule has 6 nitrogen and oxygen atoms in total. The zero-order valence-corrected chi connectivity index (χ0v) is 11.3. The molecule has 0 spiro atoms. The maximum Gasteiger partial charge on any atom is 0.331 e. The van der Waals surface area contributed by atoms with Gasteiger partial charge in [-0.1, -0.05) is 11.6 Å². The van der Waals surface area contributed by atoms with E-state index in [2.05, 4.69) is 10.3 Å². The van der Waals surface area contributed by atoms with E-state index in [1.165, 1.54) is 16.8 Å². The third kappa shape index (κ3) is 2.68. The molecule has 0 aliphatic rings. The van der Waals surface area contributed by atoms with Gasteiger partial charge >= 0.3 is 5.69 Å². The summed E-state index contributed by atoms with van der Waals surface area (Å²) in [5, 5.41) is 3.29. The van der Waals surface area contributed by atoms with Gasteiger partial charge in [-0.25, -0.2) is 9.78 Å². The van der Waals surface area contributed by atoms with Gasteiger partial charge in [-0.2, -0.15) is 0 Å². The highest BCUT2D eigenvalue weighted by molar-refractivity contribution is 6.31. The smallest absolute Gasteiger partial charge is 0.331 e. The lowest BCUT2D eigenvalue weighted by Gasteiger charge is -2.09. The first-order valence-electron chi connectivity index (χ1n) is 5.62. The summed E-state index contributed by atoms with van der Waals surface area (Å²) in [6.45, 7) is 0.0424. The van der Waals surface area contributed by atoms with E-state index < -0.39 is 5.69 Å². The second kappa shape index (κ2) is 5.27. The Morgan fingerprint density at radius 3 is 2.74 bits per heavy atom. The van der Waals surface area contributed by atoms with Crippen LogP contribution >= 0.6 is 11.6 Å². The number of hydrogen-bond acceptors (Lipinski definition) is 4. The van der Waals surface area contributed by atoms with Gasteiger partial charge in [0.1, 0.15) is 5.82 Å². The predicted molar refractivity (Wildman–Crippen MR) is 73.8 cm³/mol. The van der Waals surface area contributed by atoms with Crippen molar-refractivity contribution in [2.24, 2.45) is 7.05 Å². The van der Waals surface area contributed by atoms with Gasteiger partial charge < -0.3 is 9.88 Å². The van der Waals surface area contributed by atoms with Crippen LogP contribution in [-0.2, 0) is 13.6 Å². The van der Waals surface area contributed by atoms with Crippen molar-refractivity contribution in [2.75, 3.05) is 12.4 Å². The standard InChI is InChI=1S/C12H13ClN4O2/c1-14-10-4-3-8(13)9(15-10)7-17-11(18)5-6-16(2)12(17)19/h3-6H,7H2,1-2H3,(H,14,15). The molecule has 19 heavy (non-hydrogen) atoms. The molecule has 0 amide bonds. The SMILES string of the molecule is CNc1ccc(Cl)c(Cn2c(=O)ccn(C)c2=O)n1. The molecule has 0 saturated heterocycles. The van der Waals surface area contributed by atoms with E-state index in [0.717, 1.165) is 4.57 Å². The molecule has 0 aromatic carbocycles. The highest BCUT2D eigenvalue weighted by Gasteiger charge is 2.09. The molecule has 2 heterocycles. The van der Waals surface area contributed by atoms with E-state index in [4.69, 9.17) is 11.6 Å². The number of pyridine rings is 1. The minimum absolute atomic E-state index is 0.0424. The van der Waals surface area contributed by atoms with Gasteiger partial charge in [0.05, 0.1) is 17.3 Å². The summed E-state index contributed by atoms with van der Waals surface area (Å²) in [4.78, 5) is 27.9. The van der Waals surface area contributed by atoms with Crippen LogP contribution in [-0.4, -0.2) is 21.2 Å². The zero-order valence-electron chi connectivity index (χ0n) is 10.6. The molecule has 0 saturated carbocycles. The third-order valence-corrected chi connectivity index (χ3v) is 3.07. The van der Waals surface area contributed by atoms with E-state index in [1.54, 1.807) is 26.2 Å². The molecule has 0 bridgehead atoms. The first-order chi connectivity index (χ1) is 9.02.